The van der Waals surface area contributed by atoms with Gasteiger partial charge >= 0.3 is 5.97 Å². The predicted molar refractivity (Wildman–Crippen MR) is 68.7 cm³/mol. The summed E-state index contributed by atoms with van der Waals surface area (Å²) in [6, 6.07) is 2.38. The van der Waals surface area contributed by atoms with Gasteiger partial charge in [0.05, 0.1) is 6.61 Å². The summed E-state index contributed by atoms with van der Waals surface area (Å²) in [5, 5.41) is 12.3. The summed E-state index contributed by atoms with van der Waals surface area (Å²) in [5.41, 5.74) is 0.146. The molecule has 0 saturated heterocycles. The van der Waals surface area contributed by atoms with Gasteiger partial charge in [-0.15, -0.1) is 0 Å². The van der Waals surface area contributed by atoms with Crippen LogP contribution >= 0.6 is 15.9 Å². The molecule has 0 bridgehead atoms. The van der Waals surface area contributed by atoms with Crippen molar-refractivity contribution in [2.45, 2.75) is 19.1 Å². The van der Waals surface area contributed by atoms with Crippen molar-refractivity contribution >= 4 is 28.3 Å². The van der Waals surface area contributed by atoms with Crippen molar-refractivity contribution in [1.82, 2.24) is 5.32 Å². The van der Waals surface area contributed by atoms with Gasteiger partial charge in [0, 0.05) is 10.0 Å². The third-order valence-electron chi connectivity index (χ3n) is 2.38. The fourth-order valence-corrected chi connectivity index (χ4v) is 2.00. The first-order valence-electron chi connectivity index (χ1n) is 5.50. The number of esters is 1. The van der Waals surface area contributed by atoms with E-state index >= 15 is 0 Å². The summed E-state index contributed by atoms with van der Waals surface area (Å²) >= 11 is 3.14. The minimum atomic E-state index is -1.42. The van der Waals surface area contributed by atoms with E-state index in [0.717, 1.165) is 6.07 Å². The monoisotopic (exact) mass is 333 g/mol. The second-order valence-electron chi connectivity index (χ2n) is 3.62. The van der Waals surface area contributed by atoms with Crippen LogP contribution in [0.25, 0.3) is 0 Å². The lowest BCUT2D eigenvalue weighted by atomic mass is 10.0. The smallest absolute Gasteiger partial charge is 0.331 e. The molecule has 0 saturated carbocycles. The Morgan fingerprint density at radius 2 is 2.32 bits per heavy atom. The quantitative estimate of drug-likeness (QED) is 0.607. The summed E-state index contributed by atoms with van der Waals surface area (Å²) in [6.07, 6.45) is -1.15. The average Bonchev–Trinajstić information content (AvgIpc) is 2.38. The van der Waals surface area contributed by atoms with Crippen LogP contribution in [0.4, 0.5) is 4.39 Å². The van der Waals surface area contributed by atoms with Crippen molar-refractivity contribution in [2.75, 3.05) is 6.61 Å². The van der Waals surface area contributed by atoms with E-state index in [4.69, 9.17) is 4.74 Å². The normalized spacial score (nSPS) is 13.5. The minimum Gasteiger partial charge on any atom is -0.464 e. The molecule has 0 aliphatic heterocycles. The molecule has 0 radical (unpaired) electrons. The summed E-state index contributed by atoms with van der Waals surface area (Å²) in [5.74, 6) is -1.36. The fourth-order valence-electron chi connectivity index (χ4n) is 1.51. The largest absolute Gasteiger partial charge is 0.464 e. The highest BCUT2D eigenvalue weighted by Gasteiger charge is 2.30. The third kappa shape index (κ3) is 4.00. The Labute approximate surface area is 117 Å². The molecule has 1 rings (SSSR count). The average molecular weight is 334 g/mol. The van der Waals surface area contributed by atoms with Gasteiger partial charge in [-0.2, -0.15) is 0 Å². The molecule has 0 fully saturated rings. The Morgan fingerprint density at radius 3 is 2.89 bits per heavy atom. The molecule has 0 spiro atoms. The number of carbonyl (C=O) groups excluding carboxylic acids is 2. The number of rotatable bonds is 6. The van der Waals surface area contributed by atoms with E-state index in [9.17, 15) is 19.1 Å². The Hall–Kier alpha value is -1.47. The first kappa shape index (κ1) is 15.6. The number of amides is 1. The Kier molecular flexibility index (Phi) is 5.91. The summed E-state index contributed by atoms with van der Waals surface area (Å²) < 4.78 is 18.3. The minimum absolute atomic E-state index is 0.104. The number of aliphatic hydroxyl groups is 1. The van der Waals surface area contributed by atoms with Crippen LogP contribution in [0.3, 0.4) is 0 Å². The third-order valence-corrected chi connectivity index (χ3v) is 3.10. The van der Waals surface area contributed by atoms with E-state index in [1.165, 1.54) is 12.1 Å². The molecule has 5 nitrogen and oxygen atoms in total. The van der Waals surface area contributed by atoms with Crippen LogP contribution in [0.1, 0.15) is 18.6 Å². The van der Waals surface area contributed by atoms with Crippen molar-refractivity contribution in [1.29, 1.82) is 0 Å². The number of halogens is 2. The molecule has 1 amide bonds. The van der Waals surface area contributed by atoms with E-state index in [-0.39, 0.29) is 18.6 Å². The number of ether oxygens (including phenoxy) is 1. The standard InChI is InChI=1S/C12H13BrFNO4/c1-2-19-12(18)10(15-6-16)11(17)8-5-7(14)3-4-9(8)13/h3-6,10-11,17H,2H2,1H3,(H,15,16). The molecular formula is C12H13BrFNO4. The number of benzene rings is 1. The predicted octanol–water partition coefficient (Wildman–Crippen LogP) is 1.30. The molecule has 0 aliphatic carbocycles. The molecular weight excluding hydrogens is 321 g/mol. The van der Waals surface area contributed by atoms with Gasteiger partial charge in [-0.3, -0.25) is 4.79 Å². The summed E-state index contributed by atoms with van der Waals surface area (Å²) in [4.78, 5) is 22.1. The van der Waals surface area contributed by atoms with Gasteiger partial charge in [-0.1, -0.05) is 15.9 Å². The second kappa shape index (κ2) is 7.20. The molecule has 7 heteroatoms. The van der Waals surface area contributed by atoms with E-state index in [1.807, 2.05) is 0 Å². The maximum atomic E-state index is 13.2. The van der Waals surface area contributed by atoms with Gasteiger partial charge in [-0.25, -0.2) is 9.18 Å². The van der Waals surface area contributed by atoms with Gasteiger partial charge in [0.2, 0.25) is 6.41 Å². The molecule has 2 unspecified atom stereocenters. The van der Waals surface area contributed by atoms with Crippen molar-refractivity contribution < 1.29 is 23.8 Å². The number of hydrogen-bond acceptors (Lipinski definition) is 4. The van der Waals surface area contributed by atoms with Crippen LogP contribution in [-0.4, -0.2) is 30.1 Å². The maximum absolute atomic E-state index is 13.2. The molecule has 1 aromatic carbocycles. The van der Waals surface area contributed by atoms with E-state index < -0.39 is 23.9 Å². The van der Waals surface area contributed by atoms with E-state index in [2.05, 4.69) is 21.2 Å². The Balaban J connectivity index is 3.04. The zero-order chi connectivity index (χ0) is 14.4. The summed E-state index contributed by atoms with van der Waals surface area (Å²) in [6.45, 7) is 1.70. The fraction of sp³-hybridized carbons (Fsp3) is 0.333. The SMILES string of the molecule is CCOC(=O)C(NC=O)C(O)c1cc(F)ccc1Br. The van der Waals surface area contributed by atoms with Crippen molar-refractivity contribution in [2.24, 2.45) is 0 Å². The molecule has 104 valence electrons. The highest BCUT2D eigenvalue weighted by atomic mass is 79.9. The second-order valence-corrected chi connectivity index (χ2v) is 4.48. The van der Waals surface area contributed by atoms with E-state index in [1.54, 1.807) is 6.92 Å². The molecule has 0 heterocycles. The molecule has 0 aliphatic rings. The molecule has 19 heavy (non-hydrogen) atoms. The van der Waals surface area contributed by atoms with Crippen LogP contribution in [0.5, 0.6) is 0 Å². The van der Waals surface area contributed by atoms with Crippen LogP contribution in [-0.2, 0) is 14.3 Å². The van der Waals surface area contributed by atoms with Gasteiger partial charge in [0.1, 0.15) is 11.9 Å². The Morgan fingerprint density at radius 1 is 1.63 bits per heavy atom. The zero-order valence-electron chi connectivity index (χ0n) is 10.1. The lowest BCUT2D eigenvalue weighted by Crippen LogP contribution is -2.42. The first-order valence-corrected chi connectivity index (χ1v) is 6.29. The lowest BCUT2D eigenvalue weighted by molar-refractivity contribution is -0.149. The van der Waals surface area contributed by atoms with Gasteiger partial charge in [0.25, 0.3) is 0 Å². The van der Waals surface area contributed by atoms with Crippen LogP contribution in [0.15, 0.2) is 22.7 Å². The van der Waals surface area contributed by atoms with E-state index in [0.29, 0.717) is 4.47 Å². The number of aliphatic hydroxyl groups excluding tert-OH is 1. The van der Waals surface area contributed by atoms with Gasteiger partial charge < -0.3 is 15.2 Å². The van der Waals surface area contributed by atoms with Crippen LogP contribution in [0, 0.1) is 5.82 Å². The molecule has 0 aromatic heterocycles. The van der Waals surface area contributed by atoms with Crippen molar-refractivity contribution in [3.8, 4) is 0 Å². The first-order chi connectivity index (χ1) is 9.01. The molecule has 1 aromatic rings. The highest BCUT2D eigenvalue weighted by molar-refractivity contribution is 9.10. The summed E-state index contributed by atoms with van der Waals surface area (Å²) in [7, 11) is 0. The van der Waals surface area contributed by atoms with Crippen LogP contribution in [0.2, 0.25) is 0 Å². The molecule has 2 atom stereocenters. The van der Waals surface area contributed by atoms with Crippen LogP contribution < -0.4 is 5.32 Å². The highest BCUT2D eigenvalue weighted by Crippen LogP contribution is 2.27. The van der Waals surface area contributed by atoms with Crippen molar-refractivity contribution in [3.05, 3.63) is 34.1 Å². The number of nitrogens with one attached hydrogen (secondary N) is 1. The topological polar surface area (TPSA) is 75.6 Å². The number of carbonyl (C=O) groups is 2. The van der Waals surface area contributed by atoms with Gasteiger partial charge in [0.15, 0.2) is 6.04 Å². The van der Waals surface area contributed by atoms with Crippen molar-refractivity contribution in [3.63, 3.8) is 0 Å². The Bertz CT molecular complexity index is 469. The lowest BCUT2D eigenvalue weighted by Gasteiger charge is -2.21. The van der Waals surface area contributed by atoms with Gasteiger partial charge in [-0.05, 0) is 25.1 Å². The number of hydrogen-bond donors (Lipinski definition) is 2. The zero-order valence-corrected chi connectivity index (χ0v) is 11.7. The maximum Gasteiger partial charge on any atom is 0.331 e. The molecule has 2 N–H and O–H groups in total.